The van der Waals surface area contributed by atoms with Crippen LogP contribution in [0.15, 0.2) is 34.8 Å². The van der Waals surface area contributed by atoms with Crippen LogP contribution in [0, 0.1) is 0 Å². The Hall–Kier alpha value is -0.0200. The minimum atomic E-state index is 0.402. The van der Waals surface area contributed by atoms with Crippen LogP contribution in [0.25, 0.3) is 0 Å². The zero-order valence-corrected chi connectivity index (χ0v) is 9.37. The van der Waals surface area contributed by atoms with Gasteiger partial charge in [-0.25, -0.2) is 0 Å². The molecule has 68 valence electrons. The summed E-state index contributed by atoms with van der Waals surface area (Å²) in [4.78, 5) is 0. The highest BCUT2D eigenvalue weighted by Crippen LogP contribution is 2.05. The molecule has 0 nitrogen and oxygen atoms in total. The molecule has 0 radical (unpaired) electrons. The Morgan fingerprint density at radius 2 is 1.92 bits per heavy atom. The molecule has 0 fully saturated rings. The Morgan fingerprint density at radius 1 is 1.33 bits per heavy atom. The van der Waals surface area contributed by atoms with Gasteiger partial charge in [0, 0.05) is 22.4 Å². The first kappa shape index (κ1) is 12.0. The van der Waals surface area contributed by atoms with Gasteiger partial charge in [-0.15, -0.1) is 0 Å². The molecule has 0 aliphatic carbocycles. The van der Waals surface area contributed by atoms with E-state index in [1.165, 1.54) is 0 Å². The van der Waals surface area contributed by atoms with Gasteiger partial charge in [0.2, 0.25) is 0 Å². The molecular weight excluding hydrogens is 239 g/mol. The Morgan fingerprint density at radius 3 is 2.08 bits per heavy atom. The van der Waals surface area contributed by atoms with E-state index in [-0.39, 0.29) is 0 Å². The quantitative estimate of drug-likeness (QED) is 0.747. The summed E-state index contributed by atoms with van der Waals surface area (Å²) in [6, 6.07) is 9.97. The molecule has 1 aromatic carbocycles. The van der Waals surface area contributed by atoms with Crippen molar-refractivity contribution in [3.63, 3.8) is 0 Å². The molecule has 0 saturated carbocycles. The number of hydrogen-bond donors (Lipinski definition) is 0. The number of rotatable bonds is 2. The lowest BCUT2D eigenvalue weighted by molar-refractivity contribution is 0.922. The van der Waals surface area contributed by atoms with Crippen molar-refractivity contribution < 1.29 is 3.89 Å². The summed E-state index contributed by atoms with van der Waals surface area (Å²) in [6.07, 6.45) is 0.932. The van der Waals surface area contributed by atoms with Crippen molar-refractivity contribution in [3.8, 4) is 0 Å². The SMILES string of the molecule is Brc1ccccc1.CCCSF. The van der Waals surface area contributed by atoms with E-state index in [2.05, 4.69) is 15.9 Å². The third-order valence-electron chi connectivity index (χ3n) is 1.01. The Balaban J connectivity index is 0.000000217. The van der Waals surface area contributed by atoms with Crippen molar-refractivity contribution in [2.24, 2.45) is 0 Å². The smallest absolute Gasteiger partial charge is 0.0442 e. The molecule has 0 bridgehead atoms. The van der Waals surface area contributed by atoms with Gasteiger partial charge in [-0.1, -0.05) is 41.1 Å². The minimum Gasteiger partial charge on any atom is -0.165 e. The zero-order valence-electron chi connectivity index (χ0n) is 6.97. The zero-order chi connectivity index (χ0) is 9.23. The van der Waals surface area contributed by atoms with Crippen LogP contribution in [-0.4, -0.2) is 5.75 Å². The summed E-state index contributed by atoms with van der Waals surface area (Å²) in [6.45, 7) is 1.95. The van der Waals surface area contributed by atoms with Gasteiger partial charge < -0.3 is 0 Å². The summed E-state index contributed by atoms with van der Waals surface area (Å²) in [5.74, 6) is 0.639. The normalized spacial score (nSPS) is 8.58. The summed E-state index contributed by atoms with van der Waals surface area (Å²) >= 11 is 3.71. The van der Waals surface area contributed by atoms with Gasteiger partial charge in [0.05, 0.1) is 0 Å². The van der Waals surface area contributed by atoms with Gasteiger partial charge in [-0.2, -0.15) is 3.89 Å². The van der Waals surface area contributed by atoms with E-state index in [4.69, 9.17) is 0 Å². The summed E-state index contributed by atoms with van der Waals surface area (Å²) in [5.41, 5.74) is 0. The first-order valence-electron chi connectivity index (χ1n) is 3.75. The Bertz CT molecular complexity index is 177. The van der Waals surface area contributed by atoms with Gasteiger partial charge in [-0.3, -0.25) is 0 Å². The van der Waals surface area contributed by atoms with Crippen LogP contribution in [-0.2, 0) is 0 Å². The van der Waals surface area contributed by atoms with Crippen LogP contribution < -0.4 is 0 Å². The summed E-state index contributed by atoms with van der Waals surface area (Å²) in [5, 5.41) is 0. The predicted molar refractivity (Wildman–Crippen MR) is 58.0 cm³/mol. The molecule has 0 saturated heterocycles. The fourth-order valence-electron chi connectivity index (χ4n) is 0.492. The molecule has 0 aromatic heterocycles. The highest BCUT2D eigenvalue weighted by atomic mass is 79.9. The summed E-state index contributed by atoms with van der Waals surface area (Å²) < 4.78 is 12.0. The third kappa shape index (κ3) is 8.08. The average molecular weight is 251 g/mol. The lowest BCUT2D eigenvalue weighted by Gasteiger charge is -1.80. The van der Waals surface area contributed by atoms with E-state index in [9.17, 15) is 3.89 Å². The maximum Gasteiger partial charge on any atom is 0.0442 e. The fraction of sp³-hybridized carbons (Fsp3) is 0.333. The van der Waals surface area contributed by atoms with Crippen molar-refractivity contribution in [2.75, 3.05) is 5.75 Å². The van der Waals surface area contributed by atoms with E-state index in [0.29, 0.717) is 17.9 Å². The van der Waals surface area contributed by atoms with Crippen LogP contribution in [0.1, 0.15) is 13.3 Å². The van der Waals surface area contributed by atoms with Crippen LogP contribution in [0.2, 0.25) is 0 Å². The predicted octanol–water partition coefficient (Wildman–Crippen LogP) is 4.46. The standard InChI is InChI=1S/C6H5Br.C3H7FS/c7-6-4-2-1-3-5-6;1-2-3-5-4/h1-5H;2-3H2,1H3. The first-order chi connectivity index (χ1) is 5.81. The monoisotopic (exact) mass is 250 g/mol. The molecule has 0 N–H and O–H groups in total. The molecular formula is C9H12BrFS. The van der Waals surface area contributed by atoms with Crippen LogP contribution in [0.5, 0.6) is 0 Å². The molecule has 1 rings (SSSR count). The van der Waals surface area contributed by atoms with Crippen molar-refractivity contribution >= 4 is 28.1 Å². The second-order valence-electron chi connectivity index (χ2n) is 2.11. The van der Waals surface area contributed by atoms with Gasteiger partial charge in [-0.05, 0) is 18.6 Å². The van der Waals surface area contributed by atoms with Crippen molar-refractivity contribution in [2.45, 2.75) is 13.3 Å². The van der Waals surface area contributed by atoms with Gasteiger partial charge in [0.25, 0.3) is 0 Å². The highest BCUT2D eigenvalue weighted by molar-refractivity contribution is 9.10. The van der Waals surface area contributed by atoms with Crippen molar-refractivity contribution in [1.82, 2.24) is 0 Å². The van der Waals surface area contributed by atoms with E-state index in [1.807, 2.05) is 37.3 Å². The van der Waals surface area contributed by atoms with Crippen LogP contribution in [0.4, 0.5) is 3.89 Å². The fourth-order valence-corrected chi connectivity index (χ4v) is 0.951. The number of hydrogen-bond acceptors (Lipinski definition) is 1. The molecule has 0 spiro atoms. The number of benzene rings is 1. The Kier molecular flexibility index (Phi) is 9.06. The van der Waals surface area contributed by atoms with Crippen LogP contribution in [0.3, 0.4) is 0 Å². The number of halogens is 2. The molecule has 0 amide bonds. The molecule has 0 heterocycles. The van der Waals surface area contributed by atoms with Gasteiger partial charge in [0.1, 0.15) is 0 Å². The topological polar surface area (TPSA) is 0 Å². The van der Waals surface area contributed by atoms with Gasteiger partial charge >= 0.3 is 0 Å². The molecule has 0 aliphatic rings. The largest absolute Gasteiger partial charge is 0.165 e. The van der Waals surface area contributed by atoms with Gasteiger partial charge in [0.15, 0.2) is 0 Å². The molecule has 0 aliphatic heterocycles. The Labute approximate surface area is 86.0 Å². The second kappa shape index (κ2) is 9.07. The van der Waals surface area contributed by atoms with Crippen molar-refractivity contribution in [1.29, 1.82) is 0 Å². The van der Waals surface area contributed by atoms with E-state index in [0.717, 1.165) is 10.9 Å². The molecule has 0 unspecified atom stereocenters. The molecule has 0 atom stereocenters. The summed E-state index contributed by atoms with van der Waals surface area (Å²) in [7, 11) is 0. The minimum absolute atomic E-state index is 0.402. The highest BCUT2D eigenvalue weighted by Gasteiger charge is 1.74. The maximum atomic E-state index is 10.9. The van der Waals surface area contributed by atoms with E-state index >= 15 is 0 Å². The maximum absolute atomic E-state index is 10.9. The molecule has 1 aromatic rings. The third-order valence-corrected chi connectivity index (χ3v) is 2.11. The lowest BCUT2D eigenvalue weighted by Crippen LogP contribution is -1.61. The van der Waals surface area contributed by atoms with E-state index < -0.39 is 0 Å². The van der Waals surface area contributed by atoms with Crippen LogP contribution >= 0.6 is 28.1 Å². The average Bonchev–Trinajstić information content (AvgIpc) is 2.08. The second-order valence-corrected chi connectivity index (χ2v) is 3.65. The molecule has 3 heteroatoms. The first-order valence-corrected chi connectivity index (χ1v) is 5.43. The lowest BCUT2D eigenvalue weighted by atomic mass is 10.4. The molecule has 12 heavy (non-hydrogen) atoms. The van der Waals surface area contributed by atoms with E-state index in [1.54, 1.807) is 0 Å². The van der Waals surface area contributed by atoms with Crippen molar-refractivity contribution in [3.05, 3.63) is 34.8 Å².